The smallest absolute Gasteiger partial charge is 0.231 e. The molecule has 150 valence electrons. The minimum Gasteiger partial charge on any atom is -0.454 e. The Morgan fingerprint density at radius 3 is 2.61 bits per heavy atom. The second kappa shape index (κ2) is 7.30. The predicted molar refractivity (Wildman–Crippen MR) is 103 cm³/mol. The first-order chi connectivity index (χ1) is 13.7. The zero-order chi connectivity index (χ0) is 19.1. The molecule has 6 nitrogen and oxygen atoms in total. The summed E-state index contributed by atoms with van der Waals surface area (Å²) in [6.07, 6.45) is 7.18. The van der Waals surface area contributed by atoms with Gasteiger partial charge in [-0.05, 0) is 49.3 Å². The van der Waals surface area contributed by atoms with Crippen molar-refractivity contribution < 1.29 is 19.1 Å². The van der Waals surface area contributed by atoms with Crippen LogP contribution in [-0.2, 0) is 16.0 Å². The van der Waals surface area contributed by atoms with Crippen LogP contribution >= 0.6 is 0 Å². The van der Waals surface area contributed by atoms with E-state index in [4.69, 9.17) is 9.47 Å². The molecule has 0 spiro atoms. The normalized spacial score (nSPS) is 26.6. The number of rotatable bonds is 5. The summed E-state index contributed by atoms with van der Waals surface area (Å²) in [6.45, 7) is 1.72. The van der Waals surface area contributed by atoms with Gasteiger partial charge in [-0.2, -0.15) is 0 Å². The van der Waals surface area contributed by atoms with Crippen LogP contribution in [0.3, 0.4) is 0 Å². The average Bonchev–Trinajstić information content (AvgIpc) is 3.11. The molecule has 2 unspecified atom stereocenters. The number of fused-ring (bicyclic) bond motifs is 1. The monoisotopic (exact) mass is 384 g/mol. The van der Waals surface area contributed by atoms with E-state index in [1.165, 1.54) is 25.7 Å². The summed E-state index contributed by atoms with van der Waals surface area (Å²) in [7, 11) is 0. The predicted octanol–water partition coefficient (Wildman–Crippen LogP) is 2.50. The Bertz CT molecular complexity index is 770. The standard InChI is InChI=1S/C22H28N2O4/c25-21(10-14-5-8-19-20(9-14)28-13-27-19)23-18-12-24(11-17(18)15-6-7-15)22(26)16-3-1-2-4-16/h5,8-9,15-18H,1-4,6-7,10-13H2,(H,23,25). The summed E-state index contributed by atoms with van der Waals surface area (Å²) < 4.78 is 10.7. The highest BCUT2D eigenvalue weighted by atomic mass is 16.7. The minimum absolute atomic E-state index is 0.0182. The highest BCUT2D eigenvalue weighted by Gasteiger charge is 2.45. The number of carbonyl (C=O) groups is 2. The molecule has 2 heterocycles. The van der Waals surface area contributed by atoms with Gasteiger partial charge in [0.1, 0.15) is 0 Å². The highest BCUT2D eigenvalue weighted by Crippen LogP contribution is 2.42. The van der Waals surface area contributed by atoms with E-state index < -0.39 is 0 Å². The molecule has 2 amide bonds. The lowest BCUT2D eigenvalue weighted by molar-refractivity contribution is -0.134. The Labute approximate surface area is 165 Å². The Kier molecular flexibility index (Phi) is 4.65. The molecule has 4 aliphatic rings. The first-order valence-corrected chi connectivity index (χ1v) is 10.6. The Hall–Kier alpha value is -2.24. The zero-order valence-corrected chi connectivity index (χ0v) is 16.2. The number of benzene rings is 1. The highest BCUT2D eigenvalue weighted by molar-refractivity contribution is 5.81. The second-order valence-electron chi connectivity index (χ2n) is 8.76. The summed E-state index contributed by atoms with van der Waals surface area (Å²) in [5, 5.41) is 3.24. The first-order valence-electron chi connectivity index (χ1n) is 10.6. The Morgan fingerprint density at radius 1 is 1.04 bits per heavy atom. The van der Waals surface area contributed by atoms with Crippen molar-refractivity contribution in [1.29, 1.82) is 0 Å². The zero-order valence-electron chi connectivity index (χ0n) is 16.2. The largest absolute Gasteiger partial charge is 0.454 e. The maximum Gasteiger partial charge on any atom is 0.231 e. The van der Waals surface area contributed by atoms with Crippen LogP contribution in [0.4, 0.5) is 0 Å². The molecular formula is C22H28N2O4. The SMILES string of the molecule is O=C(Cc1ccc2c(c1)OCO2)NC1CN(C(=O)C2CCCC2)CC1C1CC1. The lowest BCUT2D eigenvalue weighted by atomic mass is 9.97. The van der Waals surface area contributed by atoms with Gasteiger partial charge >= 0.3 is 0 Å². The summed E-state index contributed by atoms with van der Waals surface area (Å²) in [5.41, 5.74) is 0.918. The first kappa shape index (κ1) is 17.8. The number of ether oxygens (including phenoxy) is 2. The maximum atomic E-state index is 12.9. The van der Waals surface area contributed by atoms with Gasteiger partial charge in [0.25, 0.3) is 0 Å². The van der Waals surface area contributed by atoms with Crippen molar-refractivity contribution in [3.05, 3.63) is 23.8 Å². The van der Waals surface area contributed by atoms with E-state index in [0.717, 1.165) is 30.7 Å². The molecule has 2 saturated carbocycles. The van der Waals surface area contributed by atoms with Crippen LogP contribution in [-0.4, -0.2) is 42.6 Å². The van der Waals surface area contributed by atoms with Crippen molar-refractivity contribution in [1.82, 2.24) is 10.2 Å². The maximum absolute atomic E-state index is 12.9. The van der Waals surface area contributed by atoms with Gasteiger partial charge in [0.05, 0.1) is 12.5 Å². The third kappa shape index (κ3) is 3.56. The van der Waals surface area contributed by atoms with Gasteiger partial charge in [-0.15, -0.1) is 0 Å². The van der Waals surface area contributed by atoms with E-state index in [9.17, 15) is 9.59 Å². The number of hydrogen-bond acceptors (Lipinski definition) is 4. The van der Waals surface area contributed by atoms with Gasteiger partial charge in [-0.25, -0.2) is 0 Å². The average molecular weight is 384 g/mol. The van der Waals surface area contributed by atoms with Gasteiger partial charge in [0.15, 0.2) is 11.5 Å². The van der Waals surface area contributed by atoms with Crippen LogP contribution in [0.15, 0.2) is 18.2 Å². The molecule has 0 aromatic heterocycles. The van der Waals surface area contributed by atoms with Crippen LogP contribution in [0.25, 0.3) is 0 Å². The summed E-state index contributed by atoms with van der Waals surface area (Å²) in [5.74, 6) is 3.05. The fourth-order valence-corrected chi connectivity index (χ4v) is 5.09. The molecule has 0 bridgehead atoms. The molecule has 1 aromatic carbocycles. The van der Waals surface area contributed by atoms with Crippen molar-refractivity contribution in [2.75, 3.05) is 19.9 Å². The lowest BCUT2D eigenvalue weighted by Gasteiger charge is -2.20. The molecule has 28 heavy (non-hydrogen) atoms. The molecule has 2 atom stereocenters. The number of likely N-dealkylation sites (tertiary alicyclic amines) is 1. The molecule has 1 saturated heterocycles. The third-order valence-electron chi connectivity index (χ3n) is 6.76. The quantitative estimate of drug-likeness (QED) is 0.847. The molecule has 2 aliphatic heterocycles. The van der Waals surface area contributed by atoms with Gasteiger partial charge < -0.3 is 19.7 Å². The summed E-state index contributed by atoms with van der Waals surface area (Å²) >= 11 is 0. The van der Waals surface area contributed by atoms with Crippen molar-refractivity contribution in [2.24, 2.45) is 17.8 Å². The van der Waals surface area contributed by atoms with Gasteiger partial charge in [0, 0.05) is 24.9 Å². The van der Waals surface area contributed by atoms with E-state index >= 15 is 0 Å². The topological polar surface area (TPSA) is 67.9 Å². The van der Waals surface area contributed by atoms with E-state index in [1.54, 1.807) is 0 Å². The fourth-order valence-electron chi connectivity index (χ4n) is 5.09. The molecule has 5 rings (SSSR count). The van der Waals surface area contributed by atoms with Gasteiger partial charge in [-0.1, -0.05) is 18.9 Å². The lowest BCUT2D eigenvalue weighted by Crippen LogP contribution is -2.42. The number of amides is 2. The summed E-state index contributed by atoms with van der Waals surface area (Å²) in [6, 6.07) is 5.73. The molecule has 6 heteroatoms. The Morgan fingerprint density at radius 2 is 1.82 bits per heavy atom. The van der Waals surface area contributed by atoms with E-state index in [2.05, 4.69) is 5.32 Å². The third-order valence-corrected chi connectivity index (χ3v) is 6.76. The van der Waals surface area contributed by atoms with Crippen molar-refractivity contribution >= 4 is 11.8 Å². The van der Waals surface area contributed by atoms with Crippen LogP contribution in [0.1, 0.15) is 44.1 Å². The van der Waals surface area contributed by atoms with Gasteiger partial charge in [-0.3, -0.25) is 9.59 Å². The number of nitrogens with zero attached hydrogens (tertiary/aromatic N) is 1. The number of hydrogen-bond donors (Lipinski definition) is 1. The molecular weight excluding hydrogens is 356 g/mol. The summed E-state index contributed by atoms with van der Waals surface area (Å²) in [4.78, 5) is 27.6. The number of nitrogens with one attached hydrogen (secondary N) is 1. The van der Waals surface area contributed by atoms with Crippen molar-refractivity contribution in [3.63, 3.8) is 0 Å². The van der Waals surface area contributed by atoms with E-state index in [-0.39, 0.29) is 24.7 Å². The van der Waals surface area contributed by atoms with Crippen LogP contribution in [0.5, 0.6) is 11.5 Å². The van der Waals surface area contributed by atoms with Gasteiger partial charge in [0.2, 0.25) is 18.6 Å². The van der Waals surface area contributed by atoms with Crippen LogP contribution < -0.4 is 14.8 Å². The number of carbonyl (C=O) groups excluding carboxylic acids is 2. The minimum atomic E-state index is 0.0182. The van der Waals surface area contributed by atoms with E-state index in [1.807, 2.05) is 23.1 Å². The van der Waals surface area contributed by atoms with Crippen molar-refractivity contribution in [2.45, 2.75) is 51.0 Å². The van der Waals surface area contributed by atoms with Crippen molar-refractivity contribution in [3.8, 4) is 11.5 Å². The molecule has 0 radical (unpaired) electrons. The molecule has 1 N–H and O–H groups in total. The molecule has 2 aliphatic carbocycles. The van der Waals surface area contributed by atoms with E-state index in [0.29, 0.717) is 36.5 Å². The van der Waals surface area contributed by atoms with Crippen LogP contribution in [0.2, 0.25) is 0 Å². The van der Waals surface area contributed by atoms with Crippen LogP contribution in [0, 0.1) is 17.8 Å². The molecule has 3 fully saturated rings. The Balaban J connectivity index is 1.21. The molecule has 1 aromatic rings. The fraction of sp³-hybridized carbons (Fsp3) is 0.636. The second-order valence-corrected chi connectivity index (χ2v) is 8.76.